The van der Waals surface area contributed by atoms with E-state index in [1.165, 1.54) is 5.56 Å². The smallest absolute Gasteiger partial charge is 0.226 e. The van der Waals surface area contributed by atoms with Crippen molar-refractivity contribution in [3.05, 3.63) is 34.9 Å². The van der Waals surface area contributed by atoms with Gasteiger partial charge in [0.2, 0.25) is 5.91 Å². The van der Waals surface area contributed by atoms with Crippen LogP contribution in [0.4, 0.5) is 0 Å². The highest BCUT2D eigenvalue weighted by atomic mass is 35.5. The van der Waals surface area contributed by atoms with E-state index in [1.54, 1.807) is 0 Å². The molecule has 1 saturated carbocycles. The van der Waals surface area contributed by atoms with Crippen LogP contribution in [0.15, 0.2) is 24.3 Å². The molecule has 1 aliphatic carbocycles. The molecule has 0 aromatic heterocycles. The topological polar surface area (TPSA) is 23.6 Å². The Morgan fingerprint density at radius 2 is 1.80 bits per heavy atom. The maximum Gasteiger partial charge on any atom is 0.226 e. The normalized spacial score (nSPS) is 26.6. The number of piperazine rings is 1. The molecule has 2 atom stereocenters. The Morgan fingerprint density at radius 3 is 2.35 bits per heavy atom. The summed E-state index contributed by atoms with van der Waals surface area (Å²) in [6.45, 7) is 6.79. The van der Waals surface area contributed by atoms with Gasteiger partial charge in [0.25, 0.3) is 0 Å². The van der Waals surface area contributed by atoms with Gasteiger partial charge in [-0.2, -0.15) is 0 Å². The number of benzene rings is 1. The van der Waals surface area contributed by atoms with Crippen LogP contribution in [0, 0.1) is 11.8 Å². The van der Waals surface area contributed by atoms with Crippen molar-refractivity contribution in [3.63, 3.8) is 0 Å². The van der Waals surface area contributed by atoms with Gasteiger partial charge in [-0.1, -0.05) is 30.7 Å². The molecular weight excluding hydrogens is 272 g/mol. The van der Waals surface area contributed by atoms with E-state index in [4.69, 9.17) is 11.6 Å². The minimum Gasteiger partial charge on any atom is -0.340 e. The lowest BCUT2D eigenvalue weighted by Gasteiger charge is -2.35. The van der Waals surface area contributed by atoms with E-state index in [9.17, 15) is 4.79 Å². The Kier molecular flexibility index (Phi) is 3.99. The van der Waals surface area contributed by atoms with Gasteiger partial charge >= 0.3 is 0 Å². The van der Waals surface area contributed by atoms with Crippen molar-refractivity contribution >= 4 is 17.5 Å². The molecule has 1 saturated heterocycles. The van der Waals surface area contributed by atoms with Crippen molar-refractivity contribution in [3.8, 4) is 0 Å². The van der Waals surface area contributed by atoms with Crippen LogP contribution in [-0.4, -0.2) is 41.9 Å². The summed E-state index contributed by atoms with van der Waals surface area (Å²) < 4.78 is 0. The monoisotopic (exact) mass is 292 g/mol. The second-order valence-corrected chi connectivity index (χ2v) is 6.48. The van der Waals surface area contributed by atoms with Crippen molar-refractivity contribution < 1.29 is 4.79 Å². The SMILES string of the molecule is CC1CC1C(=O)N1CCN(Cc2ccc(Cl)cc2)CC1. The van der Waals surface area contributed by atoms with Crippen LogP contribution < -0.4 is 0 Å². The molecule has 0 radical (unpaired) electrons. The van der Waals surface area contributed by atoms with Gasteiger partial charge < -0.3 is 4.90 Å². The standard InChI is InChI=1S/C16H21ClN2O/c1-12-10-15(12)16(20)19-8-6-18(7-9-19)11-13-2-4-14(17)5-3-13/h2-5,12,15H,6-11H2,1H3. The summed E-state index contributed by atoms with van der Waals surface area (Å²) in [6.07, 6.45) is 1.09. The lowest BCUT2D eigenvalue weighted by Crippen LogP contribution is -2.48. The second kappa shape index (κ2) is 5.74. The lowest BCUT2D eigenvalue weighted by molar-refractivity contribution is -0.134. The van der Waals surface area contributed by atoms with Gasteiger partial charge in [-0.25, -0.2) is 0 Å². The molecule has 3 nitrogen and oxygen atoms in total. The highest BCUT2D eigenvalue weighted by Crippen LogP contribution is 2.39. The zero-order valence-electron chi connectivity index (χ0n) is 11.9. The van der Waals surface area contributed by atoms with Gasteiger partial charge in [0.1, 0.15) is 0 Å². The molecule has 0 N–H and O–H groups in total. The molecule has 3 rings (SSSR count). The van der Waals surface area contributed by atoms with Crippen LogP contribution >= 0.6 is 11.6 Å². The van der Waals surface area contributed by atoms with Crippen LogP contribution in [0.25, 0.3) is 0 Å². The van der Waals surface area contributed by atoms with Crippen molar-refractivity contribution in [1.82, 2.24) is 9.80 Å². The van der Waals surface area contributed by atoms with E-state index in [0.29, 0.717) is 17.7 Å². The van der Waals surface area contributed by atoms with Crippen LogP contribution in [0.3, 0.4) is 0 Å². The Bertz CT molecular complexity index is 480. The summed E-state index contributed by atoms with van der Waals surface area (Å²) in [5.41, 5.74) is 1.28. The fourth-order valence-corrected chi connectivity index (χ4v) is 3.00. The molecule has 2 aliphatic rings. The van der Waals surface area contributed by atoms with Crippen LogP contribution in [-0.2, 0) is 11.3 Å². The molecule has 2 unspecified atom stereocenters. The fourth-order valence-electron chi connectivity index (χ4n) is 2.88. The van der Waals surface area contributed by atoms with Gasteiger partial charge in [-0.15, -0.1) is 0 Å². The maximum atomic E-state index is 12.2. The minimum absolute atomic E-state index is 0.317. The molecule has 1 aromatic rings. The minimum atomic E-state index is 0.317. The average molecular weight is 293 g/mol. The zero-order valence-corrected chi connectivity index (χ0v) is 12.6. The van der Waals surface area contributed by atoms with Gasteiger partial charge in [-0.05, 0) is 30.0 Å². The number of hydrogen-bond donors (Lipinski definition) is 0. The number of hydrogen-bond acceptors (Lipinski definition) is 2. The first-order chi connectivity index (χ1) is 9.63. The number of rotatable bonds is 3. The van der Waals surface area contributed by atoms with E-state index < -0.39 is 0 Å². The van der Waals surface area contributed by atoms with E-state index in [2.05, 4.69) is 24.0 Å². The van der Waals surface area contributed by atoms with Crippen molar-refractivity contribution in [2.24, 2.45) is 11.8 Å². The number of amides is 1. The Hall–Kier alpha value is -1.06. The Morgan fingerprint density at radius 1 is 1.20 bits per heavy atom. The van der Waals surface area contributed by atoms with E-state index in [-0.39, 0.29) is 0 Å². The van der Waals surface area contributed by atoms with Gasteiger partial charge in [0.15, 0.2) is 0 Å². The van der Waals surface area contributed by atoms with Crippen molar-refractivity contribution in [2.75, 3.05) is 26.2 Å². The molecule has 1 aliphatic heterocycles. The molecule has 1 aromatic carbocycles. The molecule has 0 bridgehead atoms. The van der Waals surface area contributed by atoms with Crippen LogP contribution in [0.5, 0.6) is 0 Å². The number of halogens is 1. The van der Waals surface area contributed by atoms with Crippen LogP contribution in [0.1, 0.15) is 18.9 Å². The molecule has 20 heavy (non-hydrogen) atoms. The summed E-state index contributed by atoms with van der Waals surface area (Å²) in [5.74, 6) is 1.30. The van der Waals surface area contributed by atoms with E-state index in [0.717, 1.165) is 44.2 Å². The van der Waals surface area contributed by atoms with Crippen molar-refractivity contribution in [2.45, 2.75) is 19.9 Å². The summed E-state index contributed by atoms with van der Waals surface area (Å²) >= 11 is 5.90. The van der Waals surface area contributed by atoms with E-state index >= 15 is 0 Å². The third-order valence-electron chi connectivity index (χ3n) is 4.43. The average Bonchev–Trinajstić information content (AvgIpc) is 3.19. The maximum absolute atomic E-state index is 12.2. The summed E-state index contributed by atoms with van der Waals surface area (Å²) in [7, 11) is 0. The summed E-state index contributed by atoms with van der Waals surface area (Å²) in [4.78, 5) is 16.6. The zero-order chi connectivity index (χ0) is 14.1. The second-order valence-electron chi connectivity index (χ2n) is 6.05. The quantitative estimate of drug-likeness (QED) is 0.855. The number of carbonyl (C=O) groups is 1. The largest absolute Gasteiger partial charge is 0.340 e. The molecular formula is C16H21ClN2O. The summed E-state index contributed by atoms with van der Waals surface area (Å²) in [6, 6.07) is 8.02. The predicted octanol–water partition coefficient (Wildman–Crippen LogP) is 2.64. The first-order valence-corrected chi connectivity index (χ1v) is 7.77. The predicted molar refractivity (Wildman–Crippen MR) is 80.6 cm³/mol. The Labute approximate surface area is 125 Å². The molecule has 0 spiro atoms. The van der Waals surface area contributed by atoms with Gasteiger partial charge in [0, 0.05) is 43.7 Å². The number of nitrogens with zero attached hydrogens (tertiary/aromatic N) is 2. The first kappa shape index (κ1) is 13.9. The van der Waals surface area contributed by atoms with Gasteiger partial charge in [-0.3, -0.25) is 9.69 Å². The lowest BCUT2D eigenvalue weighted by atomic mass is 10.2. The summed E-state index contributed by atoms with van der Waals surface area (Å²) in [5, 5.41) is 0.780. The van der Waals surface area contributed by atoms with Crippen LogP contribution in [0.2, 0.25) is 5.02 Å². The van der Waals surface area contributed by atoms with E-state index in [1.807, 2.05) is 17.0 Å². The fraction of sp³-hybridized carbons (Fsp3) is 0.562. The molecule has 1 amide bonds. The van der Waals surface area contributed by atoms with Gasteiger partial charge in [0.05, 0.1) is 0 Å². The highest BCUT2D eigenvalue weighted by molar-refractivity contribution is 6.30. The molecule has 1 heterocycles. The van der Waals surface area contributed by atoms with Crippen molar-refractivity contribution in [1.29, 1.82) is 0 Å². The molecule has 4 heteroatoms. The first-order valence-electron chi connectivity index (χ1n) is 7.39. The molecule has 108 valence electrons. The highest BCUT2D eigenvalue weighted by Gasteiger charge is 2.41. The third-order valence-corrected chi connectivity index (χ3v) is 4.68. The number of carbonyl (C=O) groups excluding carboxylic acids is 1. The third kappa shape index (κ3) is 3.15. The Balaban J connectivity index is 1.48. The molecule has 2 fully saturated rings.